The number of rotatable bonds is 12. The van der Waals surface area contributed by atoms with Crippen LogP contribution in [0, 0.1) is 0 Å². The third-order valence-corrected chi connectivity index (χ3v) is 3.90. The van der Waals surface area contributed by atoms with Crippen molar-refractivity contribution in [3.8, 4) is 5.75 Å². The van der Waals surface area contributed by atoms with Gasteiger partial charge in [0.15, 0.2) is 0 Å². The number of hydrogen-bond donors (Lipinski definition) is 2. The summed E-state index contributed by atoms with van der Waals surface area (Å²) >= 11 is 0. The van der Waals surface area contributed by atoms with Crippen LogP contribution in [-0.4, -0.2) is 39.3 Å². The highest BCUT2D eigenvalue weighted by Crippen LogP contribution is 2.15. The number of carbonyl (C=O) groups excluding carboxylic acids is 1. The van der Waals surface area contributed by atoms with Crippen LogP contribution in [0.15, 0.2) is 54.6 Å². The minimum Gasteiger partial charge on any atom is -0.494 e. The monoisotopic (exact) mass is 356 g/mol. The molecule has 140 valence electrons. The quantitative estimate of drug-likeness (QED) is 0.569. The first-order valence-corrected chi connectivity index (χ1v) is 9.08. The molecule has 0 saturated carbocycles. The van der Waals surface area contributed by atoms with E-state index in [4.69, 9.17) is 9.47 Å². The van der Waals surface area contributed by atoms with Crippen LogP contribution in [0.5, 0.6) is 5.75 Å². The van der Waals surface area contributed by atoms with Crippen molar-refractivity contribution in [2.75, 3.05) is 38.7 Å². The van der Waals surface area contributed by atoms with Crippen molar-refractivity contribution in [1.29, 1.82) is 0 Å². The zero-order chi connectivity index (χ0) is 18.5. The van der Waals surface area contributed by atoms with Gasteiger partial charge in [-0.1, -0.05) is 18.2 Å². The molecular formula is C21H28N2O3. The fourth-order valence-corrected chi connectivity index (χ4v) is 2.45. The van der Waals surface area contributed by atoms with Gasteiger partial charge in [0.25, 0.3) is 5.91 Å². The summed E-state index contributed by atoms with van der Waals surface area (Å²) in [7, 11) is 1.69. The molecule has 0 unspecified atom stereocenters. The summed E-state index contributed by atoms with van der Waals surface area (Å²) in [6.07, 6.45) is 2.94. The first-order chi connectivity index (χ1) is 12.8. The lowest BCUT2D eigenvalue weighted by atomic mass is 10.2. The molecule has 0 bridgehead atoms. The van der Waals surface area contributed by atoms with Gasteiger partial charge in [-0.2, -0.15) is 0 Å². The summed E-state index contributed by atoms with van der Waals surface area (Å²) in [5, 5.41) is 6.21. The molecule has 0 spiro atoms. The van der Waals surface area contributed by atoms with Gasteiger partial charge in [-0.15, -0.1) is 0 Å². The summed E-state index contributed by atoms with van der Waals surface area (Å²) in [5.74, 6) is 0.862. The van der Waals surface area contributed by atoms with Crippen LogP contribution in [0.1, 0.15) is 29.6 Å². The fraction of sp³-hybridized carbons (Fsp3) is 0.381. The van der Waals surface area contributed by atoms with E-state index < -0.39 is 0 Å². The van der Waals surface area contributed by atoms with Crippen LogP contribution in [0.25, 0.3) is 0 Å². The number of carbonyl (C=O) groups is 1. The molecule has 0 aliphatic carbocycles. The summed E-state index contributed by atoms with van der Waals surface area (Å²) < 4.78 is 10.7. The van der Waals surface area contributed by atoms with Gasteiger partial charge in [-0.25, -0.2) is 0 Å². The highest BCUT2D eigenvalue weighted by atomic mass is 16.5. The molecule has 0 saturated heterocycles. The second-order valence-electron chi connectivity index (χ2n) is 5.98. The molecule has 2 aromatic rings. The smallest absolute Gasteiger partial charge is 0.251 e. The molecule has 0 aliphatic heterocycles. The van der Waals surface area contributed by atoms with Gasteiger partial charge in [0, 0.05) is 31.5 Å². The minimum absolute atomic E-state index is 0.0129. The van der Waals surface area contributed by atoms with Gasteiger partial charge in [0.05, 0.1) is 13.2 Å². The normalized spacial score (nSPS) is 10.3. The Kier molecular flexibility index (Phi) is 9.08. The number of methoxy groups -OCH3 is 1. The van der Waals surface area contributed by atoms with E-state index in [2.05, 4.69) is 10.6 Å². The topological polar surface area (TPSA) is 59.6 Å². The van der Waals surface area contributed by atoms with E-state index in [0.29, 0.717) is 25.3 Å². The highest BCUT2D eigenvalue weighted by Gasteiger charge is 2.02. The highest BCUT2D eigenvalue weighted by molar-refractivity contribution is 5.94. The van der Waals surface area contributed by atoms with Crippen LogP contribution in [0.4, 0.5) is 5.69 Å². The largest absolute Gasteiger partial charge is 0.494 e. The molecule has 26 heavy (non-hydrogen) atoms. The number of hydrogen-bond acceptors (Lipinski definition) is 4. The van der Waals surface area contributed by atoms with Gasteiger partial charge in [-0.3, -0.25) is 4.79 Å². The molecule has 2 rings (SSSR count). The van der Waals surface area contributed by atoms with Crippen LogP contribution < -0.4 is 15.4 Å². The second kappa shape index (κ2) is 11.9. The van der Waals surface area contributed by atoms with Gasteiger partial charge < -0.3 is 20.1 Å². The molecule has 2 N–H and O–H groups in total. The fourth-order valence-electron chi connectivity index (χ4n) is 2.45. The molecular weight excluding hydrogens is 328 g/mol. The standard InChI is InChI=1S/C21H28N2O3/c1-25-17-15-22-19-10-12-20(13-11-19)26-16-7-3-6-14-23-21(24)18-8-4-2-5-9-18/h2,4-5,8-13,22H,3,6-7,14-17H2,1H3,(H,23,24). The molecule has 0 aromatic heterocycles. The lowest BCUT2D eigenvalue weighted by molar-refractivity contribution is 0.0953. The van der Waals surface area contributed by atoms with E-state index in [1.165, 1.54) is 0 Å². The predicted octanol–water partition coefficient (Wildman–Crippen LogP) is 3.72. The van der Waals surface area contributed by atoms with Crippen molar-refractivity contribution in [2.45, 2.75) is 19.3 Å². The third kappa shape index (κ3) is 7.57. The maximum absolute atomic E-state index is 11.9. The zero-order valence-corrected chi connectivity index (χ0v) is 15.4. The van der Waals surface area contributed by atoms with E-state index in [-0.39, 0.29) is 5.91 Å². The van der Waals surface area contributed by atoms with E-state index in [0.717, 1.165) is 37.2 Å². The Bertz CT molecular complexity index is 629. The van der Waals surface area contributed by atoms with E-state index in [1.54, 1.807) is 7.11 Å². The molecule has 5 heteroatoms. The van der Waals surface area contributed by atoms with E-state index in [1.807, 2.05) is 54.6 Å². The summed E-state index contributed by atoms with van der Waals surface area (Å²) in [4.78, 5) is 11.9. The van der Waals surface area contributed by atoms with Crippen LogP contribution in [-0.2, 0) is 4.74 Å². The average molecular weight is 356 g/mol. The zero-order valence-electron chi connectivity index (χ0n) is 15.4. The first kappa shape index (κ1) is 19.8. The van der Waals surface area contributed by atoms with E-state index >= 15 is 0 Å². The SMILES string of the molecule is COCCNc1ccc(OCCCCCNC(=O)c2ccccc2)cc1. The molecule has 2 aromatic carbocycles. The number of nitrogens with one attached hydrogen (secondary N) is 2. The predicted molar refractivity (Wildman–Crippen MR) is 105 cm³/mol. The lowest BCUT2D eigenvalue weighted by Crippen LogP contribution is -2.24. The molecule has 0 aliphatic rings. The summed E-state index contributed by atoms with van der Waals surface area (Å²) in [6, 6.07) is 17.2. The number of unbranched alkanes of at least 4 members (excludes halogenated alkanes) is 2. The van der Waals surface area contributed by atoms with Crippen LogP contribution in [0.3, 0.4) is 0 Å². The second-order valence-corrected chi connectivity index (χ2v) is 5.98. The van der Waals surface area contributed by atoms with Crippen molar-refractivity contribution in [3.63, 3.8) is 0 Å². The van der Waals surface area contributed by atoms with Gasteiger partial charge in [0.1, 0.15) is 5.75 Å². The molecule has 0 radical (unpaired) electrons. The number of ether oxygens (including phenoxy) is 2. The molecule has 0 heterocycles. The van der Waals surface area contributed by atoms with Crippen LogP contribution in [0.2, 0.25) is 0 Å². The number of anilines is 1. The Labute approximate surface area is 155 Å². The Morgan fingerprint density at radius 1 is 0.885 bits per heavy atom. The van der Waals surface area contributed by atoms with Crippen molar-refractivity contribution in [3.05, 3.63) is 60.2 Å². The minimum atomic E-state index is -0.0129. The number of amides is 1. The van der Waals surface area contributed by atoms with Crippen molar-refractivity contribution >= 4 is 11.6 Å². The Morgan fingerprint density at radius 2 is 1.65 bits per heavy atom. The van der Waals surface area contributed by atoms with Crippen LogP contribution >= 0.6 is 0 Å². The average Bonchev–Trinajstić information content (AvgIpc) is 2.69. The van der Waals surface area contributed by atoms with Gasteiger partial charge >= 0.3 is 0 Å². The Morgan fingerprint density at radius 3 is 2.38 bits per heavy atom. The van der Waals surface area contributed by atoms with Gasteiger partial charge in [0.2, 0.25) is 0 Å². The summed E-state index contributed by atoms with van der Waals surface area (Å²) in [6.45, 7) is 2.85. The maximum atomic E-state index is 11.9. The van der Waals surface area contributed by atoms with Crippen molar-refractivity contribution < 1.29 is 14.3 Å². The van der Waals surface area contributed by atoms with Crippen molar-refractivity contribution in [2.24, 2.45) is 0 Å². The lowest BCUT2D eigenvalue weighted by Gasteiger charge is -2.09. The Balaban J connectivity index is 1.52. The first-order valence-electron chi connectivity index (χ1n) is 9.08. The van der Waals surface area contributed by atoms with E-state index in [9.17, 15) is 4.79 Å². The van der Waals surface area contributed by atoms with Gasteiger partial charge in [-0.05, 0) is 55.7 Å². The molecule has 0 fully saturated rings. The number of benzene rings is 2. The Hall–Kier alpha value is -2.53. The third-order valence-electron chi connectivity index (χ3n) is 3.90. The molecule has 0 atom stereocenters. The molecule has 5 nitrogen and oxygen atoms in total. The summed E-state index contributed by atoms with van der Waals surface area (Å²) in [5.41, 5.74) is 1.76. The molecule has 1 amide bonds. The van der Waals surface area contributed by atoms with Crippen molar-refractivity contribution in [1.82, 2.24) is 5.32 Å². The maximum Gasteiger partial charge on any atom is 0.251 e.